The number of ether oxygens (including phenoxy) is 1. The smallest absolute Gasteiger partial charge is 0.270 e. The van der Waals surface area contributed by atoms with Gasteiger partial charge in [0.2, 0.25) is 0 Å². The van der Waals surface area contributed by atoms with Crippen LogP contribution in [0.1, 0.15) is 23.6 Å². The van der Waals surface area contributed by atoms with Gasteiger partial charge in [-0.1, -0.05) is 24.3 Å². The lowest BCUT2D eigenvalue weighted by atomic mass is 10.1. The van der Waals surface area contributed by atoms with Crippen LogP contribution in [0.3, 0.4) is 0 Å². The summed E-state index contributed by atoms with van der Waals surface area (Å²) in [6, 6.07) is 12.2. The van der Waals surface area contributed by atoms with Crippen LogP contribution in [0, 0.1) is 10.1 Å². The van der Waals surface area contributed by atoms with Crippen molar-refractivity contribution in [2.24, 2.45) is 0 Å². The highest BCUT2D eigenvalue weighted by Gasteiger charge is 2.11. The Morgan fingerprint density at radius 3 is 2.48 bits per heavy atom. The Balaban J connectivity index is 2.09. The number of non-ortho nitro benzene ring substituents is 1. The Bertz CT molecular complexity index is 673. The number of benzene rings is 2. The van der Waals surface area contributed by atoms with Crippen molar-refractivity contribution in [2.45, 2.75) is 26.6 Å². The van der Waals surface area contributed by atoms with Crippen LogP contribution in [-0.4, -0.2) is 16.6 Å². The van der Waals surface area contributed by atoms with Crippen LogP contribution >= 0.6 is 0 Å². The van der Waals surface area contributed by atoms with Gasteiger partial charge in [0.1, 0.15) is 5.75 Å². The summed E-state index contributed by atoms with van der Waals surface area (Å²) >= 11 is 0. The number of aliphatic hydroxyl groups excluding tert-OH is 1. The Morgan fingerprint density at radius 1 is 1.13 bits per heavy atom. The molecular formula is C17H20N2O4. The van der Waals surface area contributed by atoms with Crippen molar-refractivity contribution in [3.63, 3.8) is 0 Å². The third-order valence-corrected chi connectivity index (χ3v) is 3.47. The zero-order chi connectivity index (χ0) is 16.7. The number of nitrogens with zero attached hydrogens (tertiary/aromatic N) is 1. The average molecular weight is 316 g/mol. The van der Waals surface area contributed by atoms with E-state index >= 15 is 0 Å². The first kappa shape index (κ1) is 16.9. The molecule has 0 radical (unpaired) electrons. The summed E-state index contributed by atoms with van der Waals surface area (Å²) in [7, 11) is 0. The highest BCUT2D eigenvalue weighted by atomic mass is 16.6. The molecule has 0 amide bonds. The fourth-order valence-corrected chi connectivity index (χ4v) is 2.33. The molecule has 2 rings (SSSR count). The molecule has 0 aliphatic rings. The molecule has 6 heteroatoms. The third-order valence-electron chi connectivity index (χ3n) is 3.47. The van der Waals surface area contributed by atoms with Gasteiger partial charge in [-0.05, 0) is 24.1 Å². The maximum atomic E-state index is 10.9. The van der Waals surface area contributed by atoms with E-state index in [0.29, 0.717) is 25.4 Å². The highest BCUT2D eigenvalue weighted by Crippen LogP contribution is 2.24. The second-order valence-electron chi connectivity index (χ2n) is 5.01. The lowest BCUT2D eigenvalue weighted by Crippen LogP contribution is -2.15. The Labute approximate surface area is 134 Å². The van der Waals surface area contributed by atoms with Crippen LogP contribution in [0.4, 0.5) is 5.69 Å². The Hall–Kier alpha value is -2.44. The molecule has 2 N–H and O–H groups in total. The molecule has 0 saturated heterocycles. The number of nitro groups is 1. The molecule has 0 unspecified atom stereocenters. The van der Waals surface area contributed by atoms with E-state index in [9.17, 15) is 15.2 Å². The van der Waals surface area contributed by atoms with Crippen molar-refractivity contribution >= 4 is 5.69 Å². The number of nitro benzene ring substituents is 1. The van der Waals surface area contributed by atoms with Gasteiger partial charge in [0, 0.05) is 30.8 Å². The molecule has 0 aliphatic heterocycles. The first-order chi connectivity index (χ1) is 11.2. The van der Waals surface area contributed by atoms with Crippen molar-refractivity contribution in [2.75, 3.05) is 6.61 Å². The molecule has 2 aromatic carbocycles. The van der Waals surface area contributed by atoms with E-state index in [1.165, 1.54) is 12.1 Å². The van der Waals surface area contributed by atoms with E-state index in [1.54, 1.807) is 6.07 Å². The van der Waals surface area contributed by atoms with Crippen molar-refractivity contribution in [3.05, 3.63) is 69.3 Å². The monoisotopic (exact) mass is 316 g/mol. The Kier molecular flexibility index (Phi) is 6.08. The van der Waals surface area contributed by atoms with Crippen LogP contribution in [-0.2, 0) is 19.7 Å². The zero-order valence-corrected chi connectivity index (χ0v) is 13.0. The topological polar surface area (TPSA) is 84.6 Å². The molecule has 0 bridgehead atoms. The molecule has 122 valence electrons. The number of hydrogen-bond acceptors (Lipinski definition) is 5. The fourth-order valence-electron chi connectivity index (χ4n) is 2.33. The minimum atomic E-state index is -0.416. The molecule has 0 fully saturated rings. The summed E-state index contributed by atoms with van der Waals surface area (Å²) in [5, 5.41) is 23.5. The maximum absolute atomic E-state index is 10.9. The first-order valence-electron chi connectivity index (χ1n) is 7.44. The molecule has 0 aromatic heterocycles. The normalized spacial score (nSPS) is 10.5. The summed E-state index contributed by atoms with van der Waals surface area (Å²) in [6.07, 6.45) is 0. The standard InChI is InChI=1S/C17H20N2O4/c1-2-23-17-8-7-16(19(21)22)9-15(17)11-18-10-13-5-3-4-6-14(13)12-20/h3-9,18,20H,2,10-12H2,1H3. The van der Waals surface area contributed by atoms with Gasteiger partial charge >= 0.3 is 0 Å². The largest absolute Gasteiger partial charge is 0.494 e. The van der Waals surface area contributed by atoms with Gasteiger partial charge in [-0.15, -0.1) is 0 Å². The van der Waals surface area contributed by atoms with Crippen LogP contribution in [0.25, 0.3) is 0 Å². The number of hydrogen-bond donors (Lipinski definition) is 2. The zero-order valence-electron chi connectivity index (χ0n) is 13.0. The predicted molar refractivity (Wildman–Crippen MR) is 87.2 cm³/mol. The van der Waals surface area contributed by atoms with E-state index in [0.717, 1.165) is 16.7 Å². The number of aliphatic hydroxyl groups is 1. The van der Waals surface area contributed by atoms with E-state index in [1.807, 2.05) is 31.2 Å². The van der Waals surface area contributed by atoms with Gasteiger partial charge in [0.25, 0.3) is 5.69 Å². The van der Waals surface area contributed by atoms with Crippen LogP contribution < -0.4 is 10.1 Å². The van der Waals surface area contributed by atoms with Gasteiger partial charge in [0.15, 0.2) is 0 Å². The van der Waals surface area contributed by atoms with Gasteiger partial charge in [0.05, 0.1) is 18.1 Å². The molecule has 0 atom stereocenters. The van der Waals surface area contributed by atoms with Crippen molar-refractivity contribution < 1.29 is 14.8 Å². The second-order valence-corrected chi connectivity index (χ2v) is 5.01. The molecule has 0 saturated carbocycles. The summed E-state index contributed by atoms with van der Waals surface area (Å²) in [4.78, 5) is 10.5. The van der Waals surface area contributed by atoms with Crippen LogP contribution in [0.15, 0.2) is 42.5 Å². The molecule has 2 aromatic rings. The summed E-state index contributed by atoms with van der Waals surface area (Å²) < 4.78 is 5.52. The maximum Gasteiger partial charge on any atom is 0.270 e. The lowest BCUT2D eigenvalue weighted by Gasteiger charge is -2.12. The average Bonchev–Trinajstić information content (AvgIpc) is 2.56. The van der Waals surface area contributed by atoms with Gasteiger partial charge in [-0.25, -0.2) is 0 Å². The summed E-state index contributed by atoms with van der Waals surface area (Å²) in [6.45, 7) is 3.36. The number of nitrogens with one attached hydrogen (secondary N) is 1. The van der Waals surface area contributed by atoms with E-state index in [4.69, 9.17) is 4.74 Å². The molecule has 0 aliphatic carbocycles. The lowest BCUT2D eigenvalue weighted by molar-refractivity contribution is -0.384. The van der Waals surface area contributed by atoms with E-state index in [2.05, 4.69) is 5.32 Å². The highest BCUT2D eigenvalue weighted by molar-refractivity contribution is 5.43. The Morgan fingerprint density at radius 2 is 1.83 bits per heavy atom. The van der Waals surface area contributed by atoms with Crippen LogP contribution in [0.2, 0.25) is 0 Å². The molecular weight excluding hydrogens is 296 g/mol. The molecule has 0 heterocycles. The quantitative estimate of drug-likeness (QED) is 0.578. The third kappa shape index (κ3) is 4.51. The van der Waals surface area contributed by atoms with Crippen molar-refractivity contribution in [3.8, 4) is 5.75 Å². The van der Waals surface area contributed by atoms with E-state index in [-0.39, 0.29) is 12.3 Å². The predicted octanol–water partition coefficient (Wildman–Crippen LogP) is 2.78. The van der Waals surface area contributed by atoms with Gasteiger partial charge in [-0.3, -0.25) is 10.1 Å². The van der Waals surface area contributed by atoms with Crippen LogP contribution in [0.5, 0.6) is 5.75 Å². The molecule has 6 nitrogen and oxygen atoms in total. The SMILES string of the molecule is CCOc1ccc([N+](=O)[O-])cc1CNCc1ccccc1CO. The second kappa shape index (κ2) is 8.26. The first-order valence-corrected chi connectivity index (χ1v) is 7.44. The molecule has 23 heavy (non-hydrogen) atoms. The van der Waals surface area contributed by atoms with Crippen molar-refractivity contribution in [1.82, 2.24) is 5.32 Å². The van der Waals surface area contributed by atoms with Gasteiger partial charge < -0.3 is 15.2 Å². The summed E-state index contributed by atoms with van der Waals surface area (Å²) in [5.41, 5.74) is 2.64. The van der Waals surface area contributed by atoms with E-state index < -0.39 is 4.92 Å². The number of rotatable bonds is 8. The summed E-state index contributed by atoms with van der Waals surface area (Å²) in [5.74, 6) is 0.640. The van der Waals surface area contributed by atoms with Crippen molar-refractivity contribution in [1.29, 1.82) is 0 Å². The van der Waals surface area contributed by atoms with Gasteiger partial charge in [-0.2, -0.15) is 0 Å². The molecule has 0 spiro atoms. The minimum Gasteiger partial charge on any atom is -0.494 e. The fraction of sp³-hybridized carbons (Fsp3) is 0.294. The minimum absolute atomic E-state index is 0.0150.